The van der Waals surface area contributed by atoms with Gasteiger partial charge in [-0.15, -0.1) is 0 Å². The molecule has 0 saturated heterocycles. The van der Waals surface area contributed by atoms with Gasteiger partial charge in [-0.1, -0.05) is 0 Å². The quantitative estimate of drug-likeness (QED) is 0.448. The zero-order chi connectivity index (χ0) is 7.44. The average Bonchev–Trinajstić information content (AvgIpc) is 1.63. The highest BCUT2D eigenvalue weighted by Gasteiger charge is 2.06. The van der Waals surface area contributed by atoms with E-state index in [4.69, 9.17) is 10.8 Å². The third kappa shape index (κ3) is 3.68. The third-order valence-electron chi connectivity index (χ3n) is 0.543. The molecule has 5 nitrogen and oxygen atoms in total. The second-order valence-corrected chi connectivity index (χ2v) is 2.05. The Morgan fingerprint density at radius 1 is 1.67 bits per heavy atom. The lowest BCUT2D eigenvalue weighted by Gasteiger charge is -1.91. The summed E-state index contributed by atoms with van der Waals surface area (Å²) in [5, 5.41) is 8.50. The summed E-state index contributed by atoms with van der Waals surface area (Å²) in [5.41, 5.74) is 4.77. The van der Waals surface area contributed by atoms with Gasteiger partial charge in [0.15, 0.2) is 0 Å². The fraction of sp³-hybridized carbons (Fsp3) is 0.333. The van der Waals surface area contributed by atoms with Crippen molar-refractivity contribution in [3.8, 4) is 0 Å². The van der Waals surface area contributed by atoms with E-state index in [2.05, 4.69) is 0 Å². The summed E-state index contributed by atoms with van der Waals surface area (Å²) < 4.78 is 19.4. The van der Waals surface area contributed by atoms with Gasteiger partial charge in [0.25, 0.3) is 0 Å². The summed E-state index contributed by atoms with van der Waals surface area (Å²) in [7, 11) is -2.50. The van der Waals surface area contributed by atoms with Crippen molar-refractivity contribution in [2.24, 2.45) is 5.73 Å². The van der Waals surface area contributed by atoms with Crippen LogP contribution in [0.5, 0.6) is 0 Å². The van der Waals surface area contributed by atoms with Crippen molar-refractivity contribution in [2.75, 3.05) is 0 Å². The summed E-state index contributed by atoms with van der Waals surface area (Å²) >= 11 is 0. The van der Waals surface area contributed by atoms with Crippen molar-refractivity contribution in [3.63, 3.8) is 0 Å². The predicted octanol–water partition coefficient (Wildman–Crippen LogP) is -1.92. The van der Waals surface area contributed by atoms with Crippen molar-refractivity contribution >= 4 is 21.6 Å². The number of carbonyl (C=O) groups is 1. The second-order valence-electron chi connectivity index (χ2n) is 1.26. The van der Waals surface area contributed by atoms with Gasteiger partial charge in [0.2, 0.25) is 10.3 Å². The zero-order valence-electron chi connectivity index (χ0n) is 4.31. The molecule has 9 heavy (non-hydrogen) atoms. The molecule has 0 aromatic heterocycles. The molecule has 0 fully saturated rings. The summed E-state index contributed by atoms with van der Waals surface area (Å²) in [6, 6.07) is -1.43. The third-order valence-corrected chi connectivity index (χ3v) is 1.06. The largest absolute Gasteiger partial charge is 0.480 e. The Morgan fingerprint density at radius 2 is 2.11 bits per heavy atom. The van der Waals surface area contributed by atoms with Crippen molar-refractivity contribution in [2.45, 2.75) is 6.04 Å². The van der Waals surface area contributed by atoms with E-state index in [1.807, 2.05) is 0 Å². The van der Waals surface area contributed by atoms with Gasteiger partial charge >= 0.3 is 5.97 Å². The Balaban J connectivity index is 4.26. The van der Waals surface area contributed by atoms with Crippen molar-refractivity contribution in [1.82, 2.24) is 0 Å². The summed E-state index contributed by atoms with van der Waals surface area (Å²) in [6.07, 6.45) is 0. The molecular weight excluding hydrogens is 146 g/mol. The molecule has 0 heterocycles. The van der Waals surface area contributed by atoms with Crippen molar-refractivity contribution < 1.29 is 18.3 Å². The lowest BCUT2D eigenvalue weighted by atomic mass is 10.4. The number of rotatable bonds is 2. The molecule has 3 N–H and O–H groups in total. The van der Waals surface area contributed by atoms with Crippen LogP contribution in [0.4, 0.5) is 0 Å². The van der Waals surface area contributed by atoms with E-state index in [9.17, 15) is 13.2 Å². The number of carboxylic acids is 1. The molecule has 0 radical (unpaired) electrons. The second kappa shape index (κ2) is 3.21. The first kappa shape index (κ1) is 8.12. The highest BCUT2D eigenvalue weighted by molar-refractivity contribution is 7.71. The molecule has 1 unspecified atom stereocenters. The summed E-state index contributed by atoms with van der Waals surface area (Å²) in [4.78, 5) is 9.81. The number of hydrogen-bond acceptors (Lipinski definition) is 4. The van der Waals surface area contributed by atoms with E-state index in [-0.39, 0.29) is 0 Å². The number of carboxylic acid groups (broad SMARTS) is 1. The van der Waals surface area contributed by atoms with Crippen LogP contribution in [0.2, 0.25) is 0 Å². The molecule has 52 valence electrons. The van der Waals surface area contributed by atoms with E-state index in [1.54, 1.807) is 0 Å². The van der Waals surface area contributed by atoms with Gasteiger partial charge < -0.3 is 10.8 Å². The topological polar surface area (TPSA) is 97.5 Å². The molecule has 0 aromatic carbocycles. The van der Waals surface area contributed by atoms with Gasteiger partial charge in [0, 0.05) is 0 Å². The van der Waals surface area contributed by atoms with E-state index < -0.39 is 22.3 Å². The fourth-order valence-corrected chi connectivity index (χ4v) is 0.534. The van der Waals surface area contributed by atoms with Gasteiger partial charge in [-0.05, 0) is 0 Å². The van der Waals surface area contributed by atoms with Gasteiger partial charge in [-0.3, -0.25) is 4.79 Å². The smallest absolute Gasteiger partial charge is 0.325 e. The minimum Gasteiger partial charge on any atom is -0.480 e. The molecule has 0 saturated carbocycles. The van der Waals surface area contributed by atoms with Crippen LogP contribution in [-0.2, 0) is 15.1 Å². The number of nitrogens with two attached hydrogens (primary N) is 1. The molecule has 1 atom stereocenters. The van der Waals surface area contributed by atoms with E-state index in [0.29, 0.717) is 5.37 Å². The highest BCUT2D eigenvalue weighted by Crippen LogP contribution is 1.68. The first-order chi connectivity index (χ1) is 4.04. The number of hydrogen-bond donors (Lipinski definition) is 2. The molecule has 0 aliphatic carbocycles. The monoisotopic (exact) mass is 151 g/mol. The lowest BCUT2D eigenvalue weighted by Crippen LogP contribution is -2.31. The Hall–Kier alpha value is -0.880. The standard InChI is InChI=1S/C3H5NO4S/c4-2(3(5)6)1-9(7)8/h1-2H,4H2,(H,5,6). The first-order valence-corrected chi connectivity index (χ1v) is 3.09. The Bertz CT molecular complexity index is 220. The Kier molecular flexibility index (Phi) is 2.89. The minimum atomic E-state index is -2.50. The van der Waals surface area contributed by atoms with Gasteiger partial charge in [-0.2, -0.15) is 8.42 Å². The van der Waals surface area contributed by atoms with E-state index in [1.165, 1.54) is 0 Å². The molecule has 0 amide bonds. The van der Waals surface area contributed by atoms with Crippen LogP contribution in [0.3, 0.4) is 0 Å². The predicted molar refractivity (Wildman–Crippen MR) is 30.6 cm³/mol. The molecule has 0 aliphatic rings. The summed E-state index contributed by atoms with van der Waals surface area (Å²) in [5.74, 6) is -1.36. The molecule has 0 spiro atoms. The molecule has 6 heteroatoms. The highest BCUT2D eigenvalue weighted by atomic mass is 32.2. The molecule has 0 aromatic rings. The summed E-state index contributed by atoms with van der Waals surface area (Å²) in [6.45, 7) is 0. The minimum absolute atomic E-state index is 0.502. The fourth-order valence-electron chi connectivity index (χ4n) is 0.178. The normalized spacial score (nSPS) is 12.1. The first-order valence-electron chi connectivity index (χ1n) is 1.95. The Morgan fingerprint density at radius 3 is 2.22 bits per heavy atom. The van der Waals surface area contributed by atoms with Crippen LogP contribution in [0.25, 0.3) is 0 Å². The molecular formula is C3H5NO4S. The SMILES string of the molecule is NC(C=S(=O)=O)C(=O)O. The Labute approximate surface area is 52.6 Å². The van der Waals surface area contributed by atoms with Crippen LogP contribution in [0.1, 0.15) is 0 Å². The van der Waals surface area contributed by atoms with Crippen LogP contribution >= 0.6 is 0 Å². The van der Waals surface area contributed by atoms with Crippen molar-refractivity contribution in [3.05, 3.63) is 0 Å². The average molecular weight is 151 g/mol. The van der Waals surface area contributed by atoms with Crippen LogP contribution in [-0.4, -0.2) is 30.9 Å². The van der Waals surface area contributed by atoms with Crippen molar-refractivity contribution in [1.29, 1.82) is 0 Å². The van der Waals surface area contributed by atoms with Crippen LogP contribution < -0.4 is 5.73 Å². The van der Waals surface area contributed by atoms with Gasteiger partial charge in [-0.25, -0.2) is 0 Å². The maximum Gasteiger partial charge on any atom is 0.325 e. The van der Waals surface area contributed by atoms with Gasteiger partial charge in [0.05, 0.1) is 5.37 Å². The van der Waals surface area contributed by atoms with E-state index >= 15 is 0 Å². The molecule has 0 bridgehead atoms. The maximum absolute atomic E-state index is 9.81. The van der Waals surface area contributed by atoms with E-state index in [0.717, 1.165) is 0 Å². The molecule has 0 rings (SSSR count). The maximum atomic E-state index is 9.81. The van der Waals surface area contributed by atoms with Crippen LogP contribution in [0, 0.1) is 0 Å². The van der Waals surface area contributed by atoms with Crippen LogP contribution in [0.15, 0.2) is 0 Å². The number of aliphatic carboxylic acids is 1. The molecule has 0 aliphatic heterocycles. The lowest BCUT2D eigenvalue weighted by molar-refractivity contribution is -0.136. The zero-order valence-corrected chi connectivity index (χ0v) is 5.13. The van der Waals surface area contributed by atoms with Gasteiger partial charge in [0.1, 0.15) is 6.04 Å².